The van der Waals surface area contributed by atoms with E-state index in [-0.39, 0.29) is 0 Å². The lowest BCUT2D eigenvalue weighted by atomic mass is 10.1. The number of aliphatic carboxylic acids is 2. The average Bonchev–Trinajstić information content (AvgIpc) is 1.81. The number of halogens is 1. The summed E-state index contributed by atoms with van der Waals surface area (Å²) in [6, 6.07) is 0. The van der Waals surface area contributed by atoms with Gasteiger partial charge in [-0.2, -0.15) is 0 Å². The Bertz CT molecular complexity index is 145. The highest BCUT2D eigenvalue weighted by Crippen LogP contribution is 2.03. The lowest BCUT2D eigenvalue weighted by molar-refractivity contribution is -0.148. The topological polar surface area (TPSA) is 74.6 Å². The molecular formula is C5H7FO4. The van der Waals surface area contributed by atoms with Crippen molar-refractivity contribution in [1.82, 2.24) is 0 Å². The average molecular weight is 150 g/mol. The maximum atomic E-state index is 11.6. The zero-order valence-electron chi connectivity index (χ0n) is 5.08. The van der Waals surface area contributed by atoms with Crippen LogP contribution in [-0.2, 0) is 9.59 Å². The molecule has 0 aliphatic rings. The normalized spacial score (nSPS) is 12.5. The Kier molecular flexibility index (Phi) is 3.38. The Labute approximate surface area is 56.3 Å². The Hall–Kier alpha value is -1.13. The van der Waals surface area contributed by atoms with Gasteiger partial charge in [0.1, 0.15) is 6.67 Å². The molecule has 0 aliphatic carbocycles. The number of carboxylic acids is 2. The highest BCUT2D eigenvalue weighted by atomic mass is 19.1. The maximum Gasteiger partial charge on any atom is 0.309 e. The summed E-state index contributed by atoms with van der Waals surface area (Å²) in [5.74, 6) is -4.12. The smallest absolute Gasteiger partial charge is 0.309 e. The first-order valence-corrected chi connectivity index (χ1v) is 2.58. The van der Waals surface area contributed by atoms with Gasteiger partial charge in [0.15, 0.2) is 0 Å². The van der Waals surface area contributed by atoms with Gasteiger partial charge in [0.2, 0.25) is 0 Å². The molecule has 0 radical (unpaired) electrons. The van der Waals surface area contributed by atoms with E-state index in [9.17, 15) is 14.0 Å². The van der Waals surface area contributed by atoms with E-state index < -0.39 is 31.0 Å². The zero-order valence-corrected chi connectivity index (χ0v) is 5.08. The van der Waals surface area contributed by atoms with Crippen LogP contribution in [0.15, 0.2) is 0 Å². The molecule has 10 heavy (non-hydrogen) atoms. The second kappa shape index (κ2) is 3.81. The summed E-state index contributed by atoms with van der Waals surface area (Å²) in [5.41, 5.74) is 0. The molecule has 0 aliphatic heterocycles. The molecule has 2 N–H and O–H groups in total. The van der Waals surface area contributed by atoms with Crippen LogP contribution in [0, 0.1) is 5.92 Å². The van der Waals surface area contributed by atoms with Crippen molar-refractivity contribution >= 4 is 11.9 Å². The quantitative estimate of drug-likeness (QED) is 0.597. The van der Waals surface area contributed by atoms with Crippen LogP contribution in [0.3, 0.4) is 0 Å². The lowest BCUT2D eigenvalue weighted by Crippen LogP contribution is -2.19. The molecular weight excluding hydrogens is 143 g/mol. The monoisotopic (exact) mass is 150 g/mol. The molecule has 0 amide bonds. The molecule has 0 spiro atoms. The predicted molar refractivity (Wildman–Crippen MR) is 29.4 cm³/mol. The van der Waals surface area contributed by atoms with Gasteiger partial charge in [-0.05, 0) is 0 Å². The van der Waals surface area contributed by atoms with Gasteiger partial charge in [-0.1, -0.05) is 0 Å². The van der Waals surface area contributed by atoms with Crippen molar-refractivity contribution in [3.05, 3.63) is 0 Å². The lowest BCUT2D eigenvalue weighted by Gasteiger charge is -2.01. The number of alkyl halides is 1. The number of hydrogen-bond acceptors (Lipinski definition) is 2. The molecule has 0 aromatic heterocycles. The van der Waals surface area contributed by atoms with E-state index in [1.54, 1.807) is 0 Å². The minimum atomic E-state index is -1.41. The van der Waals surface area contributed by atoms with Crippen molar-refractivity contribution in [2.45, 2.75) is 6.42 Å². The SMILES string of the molecule is O=C(O)CC(CF)C(=O)O. The van der Waals surface area contributed by atoms with Gasteiger partial charge in [0.25, 0.3) is 0 Å². The first-order valence-electron chi connectivity index (χ1n) is 2.58. The minimum absolute atomic E-state index is 0.661. The summed E-state index contributed by atoms with van der Waals surface area (Å²) in [4.78, 5) is 19.8. The van der Waals surface area contributed by atoms with Gasteiger partial charge in [-0.25, -0.2) is 0 Å². The van der Waals surface area contributed by atoms with Crippen LogP contribution >= 0.6 is 0 Å². The maximum absolute atomic E-state index is 11.6. The fourth-order valence-electron chi connectivity index (χ4n) is 0.419. The van der Waals surface area contributed by atoms with Crippen molar-refractivity contribution in [2.24, 2.45) is 5.92 Å². The minimum Gasteiger partial charge on any atom is -0.481 e. The summed E-state index contributed by atoms with van der Waals surface area (Å²) in [6.07, 6.45) is -0.661. The third-order valence-electron chi connectivity index (χ3n) is 0.957. The Morgan fingerprint density at radius 1 is 1.40 bits per heavy atom. The van der Waals surface area contributed by atoms with E-state index in [1.165, 1.54) is 0 Å². The zero-order chi connectivity index (χ0) is 8.15. The van der Waals surface area contributed by atoms with Crippen molar-refractivity contribution in [3.63, 3.8) is 0 Å². The molecule has 0 bridgehead atoms. The molecule has 0 saturated carbocycles. The largest absolute Gasteiger partial charge is 0.481 e. The molecule has 0 saturated heterocycles. The van der Waals surface area contributed by atoms with Gasteiger partial charge in [-0.15, -0.1) is 0 Å². The van der Waals surface area contributed by atoms with Crippen LogP contribution in [0.25, 0.3) is 0 Å². The van der Waals surface area contributed by atoms with Crippen LogP contribution in [0.1, 0.15) is 6.42 Å². The van der Waals surface area contributed by atoms with Gasteiger partial charge in [0.05, 0.1) is 12.3 Å². The Balaban J connectivity index is 3.83. The molecule has 5 heteroatoms. The summed E-state index contributed by atoms with van der Waals surface area (Å²) >= 11 is 0. The third-order valence-corrected chi connectivity index (χ3v) is 0.957. The summed E-state index contributed by atoms with van der Waals surface area (Å²) in [7, 11) is 0. The Morgan fingerprint density at radius 3 is 2.00 bits per heavy atom. The van der Waals surface area contributed by atoms with Crippen molar-refractivity contribution in [1.29, 1.82) is 0 Å². The van der Waals surface area contributed by atoms with E-state index in [4.69, 9.17) is 10.2 Å². The van der Waals surface area contributed by atoms with Crippen molar-refractivity contribution in [3.8, 4) is 0 Å². The standard InChI is InChI=1S/C5H7FO4/c6-2-3(5(9)10)1-4(7)8/h3H,1-2H2,(H,7,8)(H,9,10). The van der Waals surface area contributed by atoms with Crippen LogP contribution in [-0.4, -0.2) is 28.8 Å². The van der Waals surface area contributed by atoms with E-state index in [0.29, 0.717) is 0 Å². The predicted octanol–water partition coefficient (Wildman–Crippen LogP) is 0.131. The van der Waals surface area contributed by atoms with E-state index in [1.807, 2.05) is 0 Å². The number of hydrogen-bond donors (Lipinski definition) is 2. The highest BCUT2D eigenvalue weighted by Gasteiger charge is 2.20. The third kappa shape index (κ3) is 3.01. The molecule has 4 nitrogen and oxygen atoms in total. The molecule has 0 fully saturated rings. The molecule has 0 aromatic rings. The number of carboxylic acid groups (broad SMARTS) is 2. The van der Waals surface area contributed by atoms with Crippen LogP contribution < -0.4 is 0 Å². The molecule has 1 unspecified atom stereocenters. The van der Waals surface area contributed by atoms with Gasteiger partial charge < -0.3 is 10.2 Å². The second-order valence-electron chi connectivity index (χ2n) is 1.79. The summed E-state index contributed by atoms with van der Waals surface area (Å²) in [5, 5.41) is 16.2. The highest BCUT2D eigenvalue weighted by molar-refractivity contribution is 5.77. The van der Waals surface area contributed by atoms with Crippen LogP contribution in [0.4, 0.5) is 4.39 Å². The van der Waals surface area contributed by atoms with Gasteiger partial charge in [-0.3, -0.25) is 14.0 Å². The molecule has 0 heterocycles. The van der Waals surface area contributed by atoms with Crippen LogP contribution in [0.5, 0.6) is 0 Å². The first-order chi connectivity index (χ1) is 4.57. The van der Waals surface area contributed by atoms with Crippen LogP contribution in [0.2, 0.25) is 0 Å². The summed E-state index contributed by atoms with van der Waals surface area (Å²) in [6.45, 7) is -1.14. The van der Waals surface area contributed by atoms with E-state index >= 15 is 0 Å². The van der Waals surface area contributed by atoms with E-state index in [2.05, 4.69) is 0 Å². The van der Waals surface area contributed by atoms with Crippen molar-refractivity contribution < 1.29 is 24.2 Å². The summed E-state index contributed by atoms with van der Waals surface area (Å²) < 4.78 is 11.6. The molecule has 0 rings (SSSR count). The second-order valence-corrected chi connectivity index (χ2v) is 1.79. The number of carbonyl (C=O) groups is 2. The molecule has 58 valence electrons. The Morgan fingerprint density at radius 2 is 1.90 bits per heavy atom. The van der Waals surface area contributed by atoms with Gasteiger partial charge in [0, 0.05) is 0 Å². The van der Waals surface area contributed by atoms with Gasteiger partial charge >= 0.3 is 11.9 Å². The van der Waals surface area contributed by atoms with Crippen molar-refractivity contribution in [2.75, 3.05) is 6.67 Å². The molecule has 0 aromatic carbocycles. The molecule has 1 atom stereocenters. The fraction of sp³-hybridized carbons (Fsp3) is 0.600. The number of rotatable bonds is 4. The fourth-order valence-corrected chi connectivity index (χ4v) is 0.419. The first kappa shape index (κ1) is 8.87. The van der Waals surface area contributed by atoms with E-state index in [0.717, 1.165) is 0 Å².